The monoisotopic (exact) mass is 454 g/mol. The fraction of sp³-hybridized carbons (Fsp3) is 0.208. The van der Waals surface area contributed by atoms with Crippen LogP contribution in [-0.4, -0.2) is 27.8 Å². The van der Waals surface area contributed by atoms with Crippen molar-refractivity contribution in [3.8, 4) is 17.2 Å². The molecule has 0 amide bonds. The Labute approximate surface area is 188 Å². The number of nitrogens with zero attached hydrogens (tertiary/aromatic N) is 1. The van der Waals surface area contributed by atoms with Gasteiger partial charge in [-0.1, -0.05) is 36.4 Å². The Bertz CT molecular complexity index is 1140. The number of ether oxygens (including phenoxy) is 3. The topological polar surface area (TPSA) is 86.2 Å². The Morgan fingerprint density at radius 2 is 1.69 bits per heavy atom. The highest BCUT2D eigenvalue weighted by molar-refractivity contribution is 7.89. The lowest BCUT2D eigenvalue weighted by molar-refractivity contribution is 0.242. The maximum Gasteiger partial charge on any atom is 0.276 e. The largest absolute Gasteiger partial charge is 0.493 e. The SMILES string of the molecule is COc1cccc(/C=N/NS(=O)(=O)c2ccc(OC(C)C)cc2)c1OCc1ccccc1. The predicted octanol–water partition coefficient (Wildman–Crippen LogP) is 4.37. The molecule has 0 radical (unpaired) electrons. The highest BCUT2D eigenvalue weighted by Gasteiger charge is 2.14. The molecule has 3 aromatic rings. The molecule has 8 heteroatoms. The molecule has 0 saturated heterocycles. The van der Waals surface area contributed by atoms with Crippen LogP contribution in [0.2, 0.25) is 0 Å². The maximum absolute atomic E-state index is 12.6. The van der Waals surface area contributed by atoms with E-state index in [4.69, 9.17) is 14.2 Å². The third-order valence-electron chi connectivity index (χ3n) is 4.34. The number of hydrogen-bond donors (Lipinski definition) is 1. The second kappa shape index (κ2) is 10.7. The number of rotatable bonds is 10. The molecule has 168 valence electrons. The van der Waals surface area contributed by atoms with Crippen molar-refractivity contribution < 1.29 is 22.6 Å². The van der Waals surface area contributed by atoms with E-state index in [0.717, 1.165) is 5.56 Å². The van der Waals surface area contributed by atoms with Gasteiger partial charge >= 0.3 is 0 Å². The zero-order chi connectivity index (χ0) is 23.0. The first-order chi connectivity index (χ1) is 15.4. The van der Waals surface area contributed by atoms with E-state index in [1.807, 2.05) is 44.2 Å². The van der Waals surface area contributed by atoms with Gasteiger partial charge in [-0.05, 0) is 55.8 Å². The summed E-state index contributed by atoms with van der Waals surface area (Å²) in [5.74, 6) is 1.59. The molecule has 1 N–H and O–H groups in total. The van der Waals surface area contributed by atoms with Crippen molar-refractivity contribution in [2.24, 2.45) is 5.10 Å². The van der Waals surface area contributed by atoms with Crippen LogP contribution in [0.15, 0.2) is 82.8 Å². The summed E-state index contributed by atoms with van der Waals surface area (Å²) in [6, 6.07) is 21.2. The Hall–Kier alpha value is -3.52. The summed E-state index contributed by atoms with van der Waals surface area (Å²) in [6.45, 7) is 4.13. The minimum Gasteiger partial charge on any atom is -0.493 e. The first-order valence-electron chi connectivity index (χ1n) is 10.0. The molecule has 0 heterocycles. The van der Waals surface area contributed by atoms with Crippen LogP contribution in [0.25, 0.3) is 0 Å². The summed E-state index contributed by atoms with van der Waals surface area (Å²) in [6.07, 6.45) is 1.39. The third kappa shape index (κ3) is 6.24. The Morgan fingerprint density at radius 3 is 2.34 bits per heavy atom. The van der Waals surface area contributed by atoms with Crippen LogP contribution < -0.4 is 19.0 Å². The van der Waals surface area contributed by atoms with E-state index in [2.05, 4.69) is 9.93 Å². The molecule has 7 nitrogen and oxygen atoms in total. The minimum absolute atomic E-state index is 0.00125. The van der Waals surface area contributed by atoms with Gasteiger partial charge in [-0.2, -0.15) is 13.5 Å². The summed E-state index contributed by atoms with van der Waals surface area (Å²) in [5.41, 5.74) is 1.57. The Kier molecular flexibility index (Phi) is 7.72. The minimum atomic E-state index is -3.83. The molecule has 3 aromatic carbocycles. The van der Waals surface area contributed by atoms with Crippen molar-refractivity contribution in [2.75, 3.05) is 7.11 Å². The summed E-state index contributed by atoms with van der Waals surface area (Å²) in [7, 11) is -2.29. The van der Waals surface area contributed by atoms with E-state index < -0.39 is 10.0 Å². The van der Waals surface area contributed by atoms with Gasteiger partial charge in [0, 0.05) is 5.56 Å². The van der Waals surface area contributed by atoms with Crippen LogP contribution in [0.1, 0.15) is 25.0 Å². The average Bonchev–Trinajstić information content (AvgIpc) is 2.78. The van der Waals surface area contributed by atoms with Gasteiger partial charge in [0.05, 0.1) is 24.3 Å². The standard InChI is InChI=1S/C24H26N2O5S/c1-18(2)31-21-12-14-22(15-13-21)32(27,28)26-25-16-20-10-7-11-23(29-3)24(20)30-17-19-8-5-4-6-9-19/h4-16,18,26H,17H2,1-3H3/b25-16+. The third-order valence-corrected chi connectivity index (χ3v) is 5.58. The van der Waals surface area contributed by atoms with Crippen molar-refractivity contribution in [3.63, 3.8) is 0 Å². The van der Waals surface area contributed by atoms with E-state index in [-0.39, 0.29) is 11.0 Å². The number of benzene rings is 3. The summed E-state index contributed by atoms with van der Waals surface area (Å²) in [5, 5.41) is 3.92. The molecule has 0 atom stereocenters. The Balaban J connectivity index is 1.74. The fourth-order valence-electron chi connectivity index (χ4n) is 2.87. The van der Waals surface area contributed by atoms with Gasteiger partial charge < -0.3 is 14.2 Å². The van der Waals surface area contributed by atoms with Crippen LogP contribution in [0.4, 0.5) is 0 Å². The van der Waals surface area contributed by atoms with Crippen LogP contribution >= 0.6 is 0 Å². The molecule has 0 aliphatic carbocycles. The van der Waals surface area contributed by atoms with E-state index >= 15 is 0 Å². The highest BCUT2D eigenvalue weighted by Crippen LogP contribution is 2.31. The Morgan fingerprint density at radius 1 is 0.969 bits per heavy atom. The number of para-hydroxylation sites is 1. The first-order valence-corrected chi connectivity index (χ1v) is 11.5. The highest BCUT2D eigenvalue weighted by atomic mass is 32.2. The molecule has 0 spiro atoms. The van der Waals surface area contributed by atoms with Crippen molar-refractivity contribution in [3.05, 3.63) is 83.9 Å². The van der Waals surface area contributed by atoms with E-state index in [1.165, 1.54) is 18.3 Å². The predicted molar refractivity (Wildman–Crippen MR) is 124 cm³/mol. The van der Waals surface area contributed by atoms with Crippen molar-refractivity contribution in [1.29, 1.82) is 0 Å². The van der Waals surface area contributed by atoms with Gasteiger partial charge in [-0.25, -0.2) is 4.83 Å². The van der Waals surface area contributed by atoms with Crippen molar-refractivity contribution in [2.45, 2.75) is 31.5 Å². The van der Waals surface area contributed by atoms with Crippen LogP contribution in [0.5, 0.6) is 17.2 Å². The normalized spacial score (nSPS) is 11.5. The number of methoxy groups -OCH3 is 1. The molecule has 32 heavy (non-hydrogen) atoms. The van der Waals surface area contributed by atoms with Crippen molar-refractivity contribution >= 4 is 16.2 Å². The molecule has 0 saturated carbocycles. The molecule has 0 aromatic heterocycles. The zero-order valence-electron chi connectivity index (χ0n) is 18.2. The van der Waals surface area contributed by atoms with Gasteiger partial charge in [-0.3, -0.25) is 0 Å². The van der Waals surface area contributed by atoms with Crippen molar-refractivity contribution in [1.82, 2.24) is 4.83 Å². The number of nitrogens with one attached hydrogen (secondary N) is 1. The second-order valence-corrected chi connectivity index (χ2v) is 8.80. The lowest BCUT2D eigenvalue weighted by Gasteiger charge is -2.13. The number of hydrogen-bond acceptors (Lipinski definition) is 6. The van der Waals surface area contributed by atoms with Gasteiger partial charge in [0.1, 0.15) is 12.4 Å². The van der Waals surface area contributed by atoms with E-state index in [0.29, 0.717) is 29.4 Å². The van der Waals surface area contributed by atoms with E-state index in [9.17, 15) is 8.42 Å². The van der Waals surface area contributed by atoms with Gasteiger partial charge in [-0.15, -0.1) is 0 Å². The average molecular weight is 455 g/mol. The lowest BCUT2D eigenvalue weighted by atomic mass is 10.2. The van der Waals surface area contributed by atoms with Gasteiger partial charge in [0.2, 0.25) is 0 Å². The van der Waals surface area contributed by atoms with Gasteiger partial charge in [0.15, 0.2) is 11.5 Å². The van der Waals surface area contributed by atoms with Gasteiger partial charge in [0.25, 0.3) is 10.0 Å². The molecule has 0 fully saturated rings. The lowest BCUT2D eigenvalue weighted by Crippen LogP contribution is -2.18. The molecule has 0 unspecified atom stereocenters. The maximum atomic E-state index is 12.6. The van der Waals surface area contributed by atoms with Crippen LogP contribution in [0.3, 0.4) is 0 Å². The second-order valence-electron chi connectivity index (χ2n) is 7.14. The molecular formula is C24H26N2O5S. The van der Waals surface area contributed by atoms with Crippen LogP contribution in [-0.2, 0) is 16.6 Å². The summed E-state index contributed by atoms with van der Waals surface area (Å²) < 4.78 is 42.0. The summed E-state index contributed by atoms with van der Waals surface area (Å²) in [4.78, 5) is 2.31. The number of hydrazone groups is 1. The summed E-state index contributed by atoms with van der Waals surface area (Å²) >= 11 is 0. The fourth-order valence-corrected chi connectivity index (χ4v) is 3.66. The zero-order valence-corrected chi connectivity index (χ0v) is 19.0. The van der Waals surface area contributed by atoms with E-state index in [1.54, 1.807) is 37.4 Å². The molecule has 0 aliphatic heterocycles. The molecule has 3 rings (SSSR count). The smallest absolute Gasteiger partial charge is 0.276 e. The molecule has 0 bridgehead atoms. The first kappa shape index (κ1) is 23.1. The quantitative estimate of drug-likeness (QED) is 0.363. The number of sulfonamides is 1. The van der Waals surface area contributed by atoms with Crippen LogP contribution in [0, 0.1) is 0 Å². The molecular weight excluding hydrogens is 428 g/mol. The molecule has 0 aliphatic rings.